The number of rotatable bonds is 3. The predicted molar refractivity (Wildman–Crippen MR) is 76.8 cm³/mol. The quantitative estimate of drug-likeness (QED) is 0.715. The van der Waals surface area contributed by atoms with Crippen LogP contribution >= 0.6 is 0 Å². The molecule has 1 aromatic carbocycles. The summed E-state index contributed by atoms with van der Waals surface area (Å²) in [5, 5.41) is 0. The summed E-state index contributed by atoms with van der Waals surface area (Å²) in [5.41, 5.74) is 2.02. The molecule has 0 aliphatic carbocycles. The van der Waals surface area contributed by atoms with Crippen molar-refractivity contribution in [1.29, 1.82) is 0 Å². The summed E-state index contributed by atoms with van der Waals surface area (Å²) in [6.07, 6.45) is 7.22. The average Bonchev–Trinajstić information content (AvgIpc) is 3.06. The Morgan fingerprint density at radius 1 is 0.850 bits per heavy atom. The molecule has 2 heterocycles. The Bertz CT molecular complexity index is 736. The summed E-state index contributed by atoms with van der Waals surface area (Å²) < 4.78 is 10.9. The highest BCUT2D eigenvalue weighted by atomic mass is 16.4. The largest absolute Gasteiger partial charge is 0.442 e. The van der Waals surface area contributed by atoms with E-state index in [1.165, 1.54) is 0 Å². The van der Waals surface area contributed by atoms with Crippen LogP contribution in [-0.2, 0) is 0 Å². The van der Waals surface area contributed by atoms with Gasteiger partial charge in [-0.25, -0.2) is 9.97 Å². The number of hydrogen-bond acceptors (Lipinski definition) is 4. The zero-order valence-corrected chi connectivity index (χ0v) is 11.3. The number of benzene rings is 1. The molecule has 0 aliphatic heterocycles. The van der Waals surface area contributed by atoms with Crippen LogP contribution in [0.25, 0.3) is 23.6 Å². The van der Waals surface area contributed by atoms with Crippen LogP contribution in [0.15, 0.2) is 45.5 Å². The van der Waals surface area contributed by atoms with Gasteiger partial charge >= 0.3 is 0 Å². The van der Waals surface area contributed by atoms with Gasteiger partial charge in [0.05, 0.1) is 12.4 Å². The third-order valence-electron chi connectivity index (χ3n) is 2.84. The molecule has 2 aromatic heterocycles. The van der Waals surface area contributed by atoms with E-state index < -0.39 is 0 Å². The summed E-state index contributed by atoms with van der Waals surface area (Å²) in [5.74, 6) is 2.86. The predicted octanol–water partition coefficient (Wildman–Crippen LogP) is 4.12. The Morgan fingerprint density at radius 2 is 1.55 bits per heavy atom. The molecule has 0 amide bonds. The first-order valence-electron chi connectivity index (χ1n) is 6.34. The zero-order chi connectivity index (χ0) is 13.9. The van der Waals surface area contributed by atoms with Crippen LogP contribution in [0.2, 0.25) is 0 Å². The van der Waals surface area contributed by atoms with Crippen molar-refractivity contribution in [3.63, 3.8) is 0 Å². The van der Waals surface area contributed by atoms with E-state index in [4.69, 9.17) is 8.83 Å². The zero-order valence-electron chi connectivity index (χ0n) is 11.3. The number of oxazole rings is 2. The molecule has 0 atom stereocenters. The molecule has 0 fully saturated rings. The molecule has 20 heavy (non-hydrogen) atoms. The van der Waals surface area contributed by atoms with Crippen LogP contribution < -0.4 is 0 Å². The van der Waals surface area contributed by atoms with Crippen LogP contribution in [0.5, 0.6) is 0 Å². The smallest absolute Gasteiger partial charge is 0.226 e. The van der Waals surface area contributed by atoms with E-state index >= 15 is 0 Å². The molecule has 0 aliphatic rings. The monoisotopic (exact) mass is 266 g/mol. The van der Waals surface area contributed by atoms with Gasteiger partial charge in [0.15, 0.2) is 0 Å². The summed E-state index contributed by atoms with van der Waals surface area (Å²) >= 11 is 0. The Balaban J connectivity index is 1.78. The fourth-order valence-electron chi connectivity index (χ4n) is 1.84. The van der Waals surface area contributed by atoms with Gasteiger partial charge in [-0.15, -0.1) is 0 Å². The van der Waals surface area contributed by atoms with Gasteiger partial charge in [-0.2, -0.15) is 0 Å². The van der Waals surface area contributed by atoms with E-state index in [-0.39, 0.29) is 0 Å². The highest BCUT2D eigenvalue weighted by Crippen LogP contribution is 2.20. The molecule has 0 bridgehead atoms. The maximum Gasteiger partial charge on any atom is 0.226 e. The molecule has 0 N–H and O–H groups in total. The maximum atomic E-state index is 5.49. The minimum absolute atomic E-state index is 0.606. The molecule has 3 rings (SSSR count). The van der Waals surface area contributed by atoms with Gasteiger partial charge in [0.1, 0.15) is 11.5 Å². The van der Waals surface area contributed by atoms with E-state index in [2.05, 4.69) is 9.97 Å². The van der Waals surface area contributed by atoms with Crippen molar-refractivity contribution < 1.29 is 8.83 Å². The highest BCUT2D eigenvalue weighted by molar-refractivity contribution is 5.67. The SMILES string of the molecule is Cc1cnc(/C=C/c2ccc(-c3ncc(C)o3)cc2)o1. The molecule has 4 heteroatoms. The van der Waals surface area contributed by atoms with Crippen LogP contribution in [0.1, 0.15) is 23.0 Å². The number of nitrogens with zero attached hydrogens (tertiary/aromatic N) is 2. The fourth-order valence-corrected chi connectivity index (χ4v) is 1.84. The molecule has 4 nitrogen and oxygen atoms in total. The third-order valence-corrected chi connectivity index (χ3v) is 2.84. The van der Waals surface area contributed by atoms with Crippen molar-refractivity contribution in [2.75, 3.05) is 0 Å². The molecule has 0 spiro atoms. The lowest BCUT2D eigenvalue weighted by molar-refractivity contribution is 0.517. The van der Waals surface area contributed by atoms with Gasteiger partial charge in [0.25, 0.3) is 0 Å². The maximum absolute atomic E-state index is 5.49. The topological polar surface area (TPSA) is 52.1 Å². The van der Waals surface area contributed by atoms with Crippen LogP contribution in [0.3, 0.4) is 0 Å². The van der Waals surface area contributed by atoms with E-state index in [1.54, 1.807) is 12.4 Å². The first-order valence-corrected chi connectivity index (χ1v) is 6.34. The molecule has 0 saturated heterocycles. The standard InChI is InChI=1S/C16H14N2O2/c1-11-9-17-15(19-11)8-5-13-3-6-14(7-4-13)16-18-10-12(2)20-16/h3-10H,1-2H3/b8-5+. The van der Waals surface area contributed by atoms with Gasteiger partial charge < -0.3 is 8.83 Å². The number of aryl methyl sites for hydroxylation is 2. The van der Waals surface area contributed by atoms with Crippen LogP contribution in [0, 0.1) is 13.8 Å². The van der Waals surface area contributed by atoms with Gasteiger partial charge in [-0.3, -0.25) is 0 Å². The number of aromatic nitrogens is 2. The van der Waals surface area contributed by atoms with E-state index in [0.29, 0.717) is 11.8 Å². The van der Waals surface area contributed by atoms with E-state index in [9.17, 15) is 0 Å². The molecule has 0 radical (unpaired) electrons. The van der Waals surface area contributed by atoms with Crippen molar-refractivity contribution in [3.8, 4) is 11.5 Å². The second-order valence-electron chi connectivity index (χ2n) is 4.54. The Labute approximate surface area is 116 Å². The van der Waals surface area contributed by atoms with Crippen LogP contribution in [-0.4, -0.2) is 9.97 Å². The molecular formula is C16H14N2O2. The molecule has 0 unspecified atom stereocenters. The minimum atomic E-state index is 0.606. The Hall–Kier alpha value is -2.62. The van der Waals surface area contributed by atoms with Crippen molar-refractivity contribution in [2.24, 2.45) is 0 Å². The van der Waals surface area contributed by atoms with E-state index in [1.807, 2.05) is 50.3 Å². The molecule has 0 saturated carbocycles. The van der Waals surface area contributed by atoms with E-state index in [0.717, 1.165) is 22.6 Å². The summed E-state index contributed by atoms with van der Waals surface area (Å²) in [4.78, 5) is 8.32. The Kier molecular flexibility index (Phi) is 3.21. The van der Waals surface area contributed by atoms with Crippen molar-refractivity contribution in [2.45, 2.75) is 13.8 Å². The average molecular weight is 266 g/mol. The Morgan fingerprint density at radius 3 is 2.15 bits per heavy atom. The lowest BCUT2D eigenvalue weighted by Crippen LogP contribution is -1.78. The highest BCUT2D eigenvalue weighted by Gasteiger charge is 2.03. The van der Waals surface area contributed by atoms with Crippen molar-refractivity contribution >= 4 is 12.2 Å². The third kappa shape index (κ3) is 2.69. The van der Waals surface area contributed by atoms with Gasteiger partial charge in [0, 0.05) is 11.6 Å². The summed E-state index contributed by atoms with van der Waals surface area (Å²) in [7, 11) is 0. The first-order chi connectivity index (χ1) is 9.70. The summed E-state index contributed by atoms with van der Waals surface area (Å²) in [6, 6.07) is 7.96. The minimum Gasteiger partial charge on any atom is -0.442 e. The lowest BCUT2D eigenvalue weighted by atomic mass is 10.1. The van der Waals surface area contributed by atoms with Gasteiger partial charge in [-0.05, 0) is 37.6 Å². The van der Waals surface area contributed by atoms with Crippen molar-refractivity contribution in [3.05, 3.63) is 59.6 Å². The molecule has 3 aromatic rings. The van der Waals surface area contributed by atoms with Gasteiger partial charge in [0.2, 0.25) is 11.8 Å². The second-order valence-corrected chi connectivity index (χ2v) is 4.54. The van der Waals surface area contributed by atoms with Crippen LogP contribution in [0.4, 0.5) is 0 Å². The fraction of sp³-hybridized carbons (Fsp3) is 0.125. The first kappa shape index (κ1) is 12.4. The van der Waals surface area contributed by atoms with Crippen molar-refractivity contribution in [1.82, 2.24) is 9.97 Å². The molecule has 100 valence electrons. The normalized spacial score (nSPS) is 11.3. The second kappa shape index (κ2) is 5.17. The summed E-state index contributed by atoms with van der Waals surface area (Å²) in [6.45, 7) is 3.75. The molecular weight excluding hydrogens is 252 g/mol. The number of hydrogen-bond donors (Lipinski definition) is 0. The van der Waals surface area contributed by atoms with Gasteiger partial charge in [-0.1, -0.05) is 12.1 Å². The lowest BCUT2D eigenvalue weighted by Gasteiger charge is -1.96.